The largest absolute Gasteiger partial charge is 0.490 e. The zero-order chi connectivity index (χ0) is 24.8. The number of carboxylic acid groups (broad SMARTS) is 1. The molecule has 1 saturated heterocycles. The van der Waals surface area contributed by atoms with Gasteiger partial charge in [-0.25, -0.2) is 13.6 Å². The van der Waals surface area contributed by atoms with Crippen LogP contribution in [0.15, 0.2) is 41.3 Å². The topological polar surface area (TPSA) is 122 Å². The number of ether oxygens (including phenoxy) is 2. The van der Waals surface area contributed by atoms with E-state index in [1.807, 2.05) is 0 Å². The number of thioether (sulfide) groups is 1. The number of rotatable bonds is 9. The summed E-state index contributed by atoms with van der Waals surface area (Å²) >= 11 is 0.565. The lowest BCUT2D eigenvalue weighted by atomic mass is 10.1. The summed E-state index contributed by atoms with van der Waals surface area (Å²) in [7, 11) is 0. The third-order valence-corrected chi connectivity index (χ3v) is 5.22. The van der Waals surface area contributed by atoms with Gasteiger partial charge in [0.25, 0.3) is 11.1 Å². The zero-order valence-corrected chi connectivity index (χ0v) is 18.5. The van der Waals surface area contributed by atoms with Crippen LogP contribution in [0, 0.1) is 11.6 Å². The fraction of sp³-hybridized carbons (Fsp3) is 0.182. The van der Waals surface area contributed by atoms with Crippen molar-refractivity contribution in [3.8, 4) is 11.5 Å². The van der Waals surface area contributed by atoms with E-state index >= 15 is 0 Å². The maximum Gasteiger partial charge on any atom is 0.341 e. The molecule has 12 heteroatoms. The number of nitrogens with zero attached hydrogens (tertiary/aromatic N) is 1. The fourth-order valence-corrected chi connectivity index (χ4v) is 3.73. The minimum atomic E-state index is -1.22. The molecule has 2 N–H and O–H groups in total. The Morgan fingerprint density at radius 3 is 2.62 bits per heavy atom. The molecule has 0 spiro atoms. The second kappa shape index (κ2) is 10.8. The Hall–Kier alpha value is -3.93. The van der Waals surface area contributed by atoms with Gasteiger partial charge in [0.15, 0.2) is 18.1 Å². The molecular weight excluding hydrogens is 474 g/mol. The molecule has 3 amide bonds. The monoisotopic (exact) mass is 492 g/mol. The van der Waals surface area contributed by atoms with E-state index in [2.05, 4.69) is 5.32 Å². The molecule has 178 valence electrons. The zero-order valence-electron chi connectivity index (χ0n) is 17.7. The Kier molecular flexibility index (Phi) is 7.84. The number of carboxylic acids is 1. The Balaban J connectivity index is 1.79. The summed E-state index contributed by atoms with van der Waals surface area (Å²) in [6.07, 6.45) is 1.32. The van der Waals surface area contributed by atoms with E-state index in [0.29, 0.717) is 22.7 Å². The number of aliphatic carboxylic acids is 1. The number of amides is 3. The molecule has 0 bridgehead atoms. The highest BCUT2D eigenvalue weighted by Gasteiger charge is 2.36. The summed E-state index contributed by atoms with van der Waals surface area (Å²) in [6.45, 7) is 0.641. The lowest BCUT2D eigenvalue weighted by Gasteiger charge is -2.14. The van der Waals surface area contributed by atoms with Crippen LogP contribution < -0.4 is 14.8 Å². The predicted octanol–water partition coefficient (Wildman–Crippen LogP) is 3.50. The summed E-state index contributed by atoms with van der Waals surface area (Å²) < 4.78 is 37.5. The summed E-state index contributed by atoms with van der Waals surface area (Å²) in [5, 5.41) is 10.4. The standard InChI is InChI=1S/C22H18F2N2O7S/c1-2-32-16-5-3-4-12(20(16)33-11-19(28)29)8-17-21(30)26(22(31)34-17)10-18(27)25-15-7-6-13(23)9-14(15)24/h3-9H,2,10-11H2,1H3,(H,25,27)(H,28,29)/b17-8-. The van der Waals surface area contributed by atoms with Crippen LogP contribution in [-0.4, -0.2) is 52.8 Å². The Morgan fingerprint density at radius 2 is 1.94 bits per heavy atom. The van der Waals surface area contributed by atoms with Gasteiger partial charge in [-0.2, -0.15) is 0 Å². The molecule has 2 aromatic rings. The number of hydrogen-bond acceptors (Lipinski definition) is 7. The number of anilines is 1. The van der Waals surface area contributed by atoms with Gasteiger partial charge in [-0.15, -0.1) is 0 Å². The van der Waals surface area contributed by atoms with Gasteiger partial charge < -0.3 is 19.9 Å². The molecule has 0 atom stereocenters. The maximum absolute atomic E-state index is 13.7. The average Bonchev–Trinajstić information content (AvgIpc) is 3.02. The second-order valence-corrected chi connectivity index (χ2v) is 7.72. The van der Waals surface area contributed by atoms with Gasteiger partial charge in [-0.05, 0) is 43.0 Å². The highest BCUT2D eigenvalue weighted by atomic mass is 32.2. The number of carbonyl (C=O) groups is 4. The molecular formula is C22H18F2N2O7S. The van der Waals surface area contributed by atoms with Crippen LogP contribution in [0.25, 0.3) is 6.08 Å². The van der Waals surface area contributed by atoms with Crippen LogP contribution >= 0.6 is 11.8 Å². The number of hydrogen-bond donors (Lipinski definition) is 2. The first kappa shape index (κ1) is 24.7. The first-order valence-electron chi connectivity index (χ1n) is 9.80. The fourth-order valence-electron chi connectivity index (χ4n) is 2.91. The van der Waals surface area contributed by atoms with E-state index in [1.165, 1.54) is 12.1 Å². The lowest BCUT2D eigenvalue weighted by Crippen LogP contribution is -2.36. The van der Waals surface area contributed by atoms with Crippen LogP contribution in [0.4, 0.5) is 19.3 Å². The molecule has 0 aliphatic carbocycles. The Labute approximate surface area is 196 Å². The van der Waals surface area contributed by atoms with E-state index in [9.17, 15) is 28.0 Å². The highest BCUT2D eigenvalue weighted by molar-refractivity contribution is 8.18. The van der Waals surface area contributed by atoms with Gasteiger partial charge in [-0.3, -0.25) is 19.3 Å². The molecule has 0 saturated carbocycles. The van der Waals surface area contributed by atoms with Crippen LogP contribution in [-0.2, 0) is 14.4 Å². The van der Waals surface area contributed by atoms with E-state index in [-0.39, 0.29) is 34.3 Å². The van der Waals surface area contributed by atoms with Crippen LogP contribution in [0.5, 0.6) is 11.5 Å². The molecule has 34 heavy (non-hydrogen) atoms. The van der Waals surface area contributed by atoms with E-state index in [4.69, 9.17) is 14.6 Å². The number of para-hydroxylation sites is 1. The molecule has 1 fully saturated rings. The van der Waals surface area contributed by atoms with Gasteiger partial charge >= 0.3 is 5.97 Å². The summed E-state index contributed by atoms with van der Waals surface area (Å²) in [5.74, 6) is -4.38. The van der Waals surface area contributed by atoms with Crippen LogP contribution in [0.1, 0.15) is 12.5 Å². The van der Waals surface area contributed by atoms with Gasteiger partial charge in [0.2, 0.25) is 5.91 Å². The first-order valence-corrected chi connectivity index (χ1v) is 10.6. The van der Waals surface area contributed by atoms with Crippen molar-refractivity contribution in [2.24, 2.45) is 0 Å². The van der Waals surface area contributed by atoms with Gasteiger partial charge in [0.1, 0.15) is 18.2 Å². The second-order valence-electron chi connectivity index (χ2n) is 6.73. The highest BCUT2D eigenvalue weighted by Crippen LogP contribution is 2.37. The molecule has 3 rings (SSSR count). The number of carbonyl (C=O) groups excluding carboxylic acids is 3. The Bertz CT molecular complexity index is 1190. The number of halogens is 2. The number of benzene rings is 2. The molecule has 9 nitrogen and oxygen atoms in total. The van der Waals surface area contributed by atoms with Gasteiger partial charge in [-0.1, -0.05) is 12.1 Å². The van der Waals surface area contributed by atoms with Crippen molar-refractivity contribution in [1.29, 1.82) is 0 Å². The third kappa shape index (κ3) is 5.90. The van der Waals surface area contributed by atoms with E-state index in [0.717, 1.165) is 12.1 Å². The quantitative estimate of drug-likeness (QED) is 0.510. The summed E-state index contributed by atoms with van der Waals surface area (Å²) in [4.78, 5) is 48.9. The van der Waals surface area contributed by atoms with Crippen molar-refractivity contribution in [3.05, 3.63) is 58.5 Å². The molecule has 1 aliphatic heterocycles. The normalized spacial score (nSPS) is 14.4. The minimum Gasteiger partial charge on any atom is -0.490 e. The molecule has 2 aromatic carbocycles. The molecule has 0 radical (unpaired) electrons. The summed E-state index contributed by atoms with van der Waals surface area (Å²) in [6, 6.07) is 7.24. The summed E-state index contributed by atoms with van der Waals surface area (Å²) in [5.41, 5.74) is -0.0163. The van der Waals surface area contributed by atoms with Crippen LogP contribution in [0.3, 0.4) is 0 Å². The number of nitrogens with one attached hydrogen (secondary N) is 1. The van der Waals surface area contributed by atoms with Crippen molar-refractivity contribution in [2.45, 2.75) is 6.92 Å². The predicted molar refractivity (Wildman–Crippen MR) is 118 cm³/mol. The Morgan fingerprint density at radius 1 is 1.18 bits per heavy atom. The van der Waals surface area contributed by atoms with Crippen molar-refractivity contribution < 1.29 is 42.5 Å². The van der Waals surface area contributed by atoms with Crippen molar-refractivity contribution in [2.75, 3.05) is 25.1 Å². The van der Waals surface area contributed by atoms with Gasteiger partial charge in [0.05, 0.1) is 17.2 Å². The third-order valence-electron chi connectivity index (χ3n) is 4.32. The van der Waals surface area contributed by atoms with E-state index < -0.39 is 47.8 Å². The molecule has 1 heterocycles. The van der Waals surface area contributed by atoms with Crippen molar-refractivity contribution in [1.82, 2.24) is 4.90 Å². The van der Waals surface area contributed by atoms with Gasteiger partial charge in [0, 0.05) is 11.6 Å². The first-order chi connectivity index (χ1) is 16.2. The molecule has 0 aromatic heterocycles. The minimum absolute atomic E-state index is 0.0420. The van der Waals surface area contributed by atoms with E-state index in [1.54, 1.807) is 19.1 Å². The molecule has 1 aliphatic rings. The SMILES string of the molecule is CCOc1cccc(/C=C2\SC(=O)N(CC(=O)Nc3ccc(F)cc3F)C2=O)c1OCC(=O)O. The van der Waals surface area contributed by atoms with Crippen LogP contribution in [0.2, 0.25) is 0 Å². The van der Waals surface area contributed by atoms with Crippen molar-refractivity contribution >= 4 is 46.5 Å². The smallest absolute Gasteiger partial charge is 0.341 e. The maximum atomic E-state index is 13.7. The number of imide groups is 1. The molecule has 0 unspecified atom stereocenters. The van der Waals surface area contributed by atoms with Crippen molar-refractivity contribution in [3.63, 3.8) is 0 Å². The lowest BCUT2D eigenvalue weighted by molar-refractivity contribution is -0.139. The average molecular weight is 492 g/mol.